The van der Waals surface area contributed by atoms with Gasteiger partial charge in [-0.2, -0.15) is 0 Å². The minimum atomic E-state index is -3.55. The van der Waals surface area contributed by atoms with Gasteiger partial charge in [-0.1, -0.05) is 12.1 Å². The molecule has 24 heavy (non-hydrogen) atoms. The number of hydrogen-bond acceptors (Lipinski definition) is 3. The summed E-state index contributed by atoms with van der Waals surface area (Å²) in [4.78, 5) is 12.5. The zero-order chi connectivity index (χ0) is 17.9. The molecule has 2 aromatic rings. The Balaban J connectivity index is 2.19. The van der Waals surface area contributed by atoms with E-state index in [9.17, 15) is 13.2 Å². The molecule has 6 heteroatoms. The first-order chi connectivity index (χ1) is 11.2. The summed E-state index contributed by atoms with van der Waals surface area (Å²) in [6.45, 7) is 7.43. The largest absolute Gasteiger partial charge is 0.322 e. The van der Waals surface area contributed by atoms with Crippen LogP contribution in [0.15, 0.2) is 47.4 Å². The number of aryl methyl sites for hydroxylation is 1. The van der Waals surface area contributed by atoms with Crippen LogP contribution < -0.4 is 10.0 Å². The molecule has 0 aliphatic rings. The molecule has 0 atom stereocenters. The predicted octanol–water partition coefficient (Wildman–Crippen LogP) is 3.24. The molecule has 2 N–H and O–H groups in total. The van der Waals surface area contributed by atoms with Crippen molar-refractivity contribution in [1.29, 1.82) is 0 Å². The molecule has 0 spiro atoms. The second-order valence-electron chi connectivity index (χ2n) is 6.00. The Labute approximate surface area is 143 Å². The molecule has 0 heterocycles. The zero-order valence-corrected chi connectivity index (χ0v) is 15.1. The minimum absolute atomic E-state index is 0.138. The van der Waals surface area contributed by atoms with Crippen LogP contribution in [0, 0.1) is 13.8 Å². The van der Waals surface area contributed by atoms with Gasteiger partial charge in [-0.15, -0.1) is 0 Å². The van der Waals surface area contributed by atoms with Crippen LogP contribution in [0.5, 0.6) is 0 Å². The van der Waals surface area contributed by atoms with Crippen LogP contribution in [0.1, 0.15) is 35.3 Å². The van der Waals surface area contributed by atoms with Crippen molar-refractivity contribution in [3.05, 3.63) is 59.2 Å². The number of nitrogens with one attached hydrogen (secondary N) is 2. The summed E-state index contributed by atoms with van der Waals surface area (Å²) in [6, 6.07) is 11.4. The third-order valence-electron chi connectivity index (χ3n) is 3.67. The predicted molar refractivity (Wildman–Crippen MR) is 95.8 cm³/mol. The van der Waals surface area contributed by atoms with Crippen molar-refractivity contribution in [2.24, 2.45) is 0 Å². The van der Waals surface area contributed by atoms with Crippen molar-refractivity contribution in [1.82, 2.24) is 4.72 Å². The maximum absolute atomic E-state index is 12.3. The lowest BCUT2D eigenvalue weighted by atomic mass is 10.1. The molecule has 0 radical (unpaired) electrons. The van der Waals surface area contributed by atoms with Crippen LogP contribution in [-0.4, -0.2) is 20.4 Å². The number of sulfonamides is 1. The molecule has 5 nitrogen and oxygen atoms in total. The van der Waals surface area contributed by atoms with Crippen molar-refractivity contribution < 1.29 is 13.2 Å². The van der Waals surface area contributed by atoms with E-state index in [-0.39, 0.29) is 16.8 Å². The molecule has 2 aromatic carbocycles. The molecule has 0 aromatic heterocycles. The maximum atomic E-state index is 12.3. The highest BCUT2D eigenvalue weighted by Crippen LogP contribution is 2.19. The summed E-state index contributed by atoms with van der Waals surface area (Å²) < 4.78 is 26.7. The molecule has 0 unspecified atom stereocenters. The summed E-state index contributed by atoms with van der Waals surface area (Å²) in [5.74, 6) is -0.274. The van der Waals surface area contributed by atoms with E-state index >= 15 is 0 Å². The Kier molecular flexibility index (Phi) is 5.41. The SMILES string of the molecule is Cc1cccc(NC(=O)c2ccc(S(=O)(=O)NC(C)C)cc2)c1C. The lowest BCUT2D eigenvalue weighted by molar-refractivity contribution is 0.102. The molecule has 0 bridgehead atoms. The normalized spacial score (nSPS) is 11.5. The average Bonchev–Trinajstić information content (AvgIpc) is 2.50. The monoisotopic (exact) mass is 346 g/mol. The fraction of sp³-hybridized carbons (Fsp3) is 0.278. The van der Waals surface area contributed by atoms with Crippen molar-refractivity contribution in [2.45, 2.75) is 38.6 Å². The topological polar surface area (TPSA) is 75.3 Å². The van der Waals surface area contributed by atoms with E-state index < -0.39 is 10.0 Å². The standard InChI is InChI=1S/C18H22N2O3S/c1-12(2)20-24(22,23)16-10-8-15(9-11-16)18(21)19-17-7-5-6-13(3)14(17)4/h5-12,20H,1-4H3,(H,19,21). The van der Waals surface area contributed by atoms with Crippen molar-refractivity contribution in [2.75, 3.05) is 5.32 Å². The van der Waals surface area contributed by atoms with Crippen LogP contribution in [0.3, 0.4) is 0 Å². The Morgan fingerprint density at radius 2 is 1.62 bits per heavy atom. The second-order valence-corrected chi connectivity index (χ2v) is 7.72. The summed E-state index contributed by atoms with van der Waals surface area (Å²) >= 11 is 0. The van der Waals surface area contributed by atoms with E-state index in [4.69, 9.17) is 0 Å². The molecule has 0 fully saturated rings. The molecule has 2 rings (SSSR count). The fourth-order valence-electron chi connectivity index (χ4n) is 2.24. The fourth-order valence-corrected chi connectivity index (χ4v) is 3.50. The van der Waals surface area contributed by atoms with Gasteiger partial charge in [0.25, 0.3) is 5.91 Å². The van der Waals surface area contributed by atoms with Gasteiger partial charge >= 0.3 is 0 Å². The van der Waals surface area contributed by atoms with Gasteiger partial charge in [0.15, 0.2) is 0 Å². The highest BCUT2D eigenvalue weighted by molar-refractivity contribution is 7.89. The number of hydrogen-bond donors (Lipinski definition) is 2. The average molecular weight is 346 g/mol. The first-order valence-corrected chi connectivity index (χ1v) is 9.19. The van der Waals surface area contributed by atoms with Crippen molar-refractivity contribution >= 4 is 21.6 Å². The summed E-state index contributed by atoms with van der Waals surface area (Å²) in [6.07, 6.45) is 0. The van der Waals surface area contributed by atoms with Crippen LogP contribution in [0.25, 0.3) is 0 Å². The number of benzene rings is 2. The molecule has 0 saturated carbocycles. The molecule has 128 valence electrons. The van der Waals surface area contributed by atoms with E-state index in [2.05, 4.69) is 10.0 Å². The molecule has 0 saturated heterocycles. The smallest absolute Gasteiger partial charge is 0.255 e. The second kappa shape index (κ2) is 7.15. The van der Waals surface area contributed by atoms with E-state index in [0.717, 1.165) is 16.8 Å². The number of carbonyl (C=O) groups is 1. The van der Waals surface area contributed by atoms with Gasteiger partial charge in [-0.3, -0.25) is 4.79 Å². The summed E-state index contributed by atoms with van der Waals surface area (Å²) in [5.41, 5.74) is 3.25. The van der Waals surface area contributed by atoms with Crippen molar-refractivity contribution in [3.8, 4) is 0 Å². The first-order valence-electron chi connectivity index (χ1n) is 7.70. The van der Waals surface area contributed by atoms with Gasteiger partial charge in [0, 0.05) is 17.3 Å². The summed E-state index contributed by atoms with van der Waals surface area (Å²) in [5, 5.41) is 2.85. The highest BCUT2D eigenvalue weighted by Gasteiger charge is 2.16. The van der Waals surface area contributed by atoms with Gasteiger partial charge in [-0.25, -0.2) is 13.1 Å². The molecular formula is C18H22N2O3S. The molecule has 0 aliphatic heterocycles. The third kappa shape index (κ3) is 4.21. The quantitative estimate of drug-likeness (QED) is 0.873. The Bertz CT molecular complexity index is 841. The maximum Gasteiger partial charge on any atom is 0.255 e. The van der Waals surface area contributed by atoms with E-state index in [0.29, 0.717) is 5.56 Å². The zero-order valence-electron chi connectivity index (χ0n) is 14.3. The highest BCUT2D eigenvalue weighted by atomic mass is 32.2. The van der Waals surface area contributed by atoms with E-state index in [1.165, 1.54) is 24.3 Å². The minimum Gasteiger partial charge on any atom is -0.322 e. The molecule has 1 amide bonds. The summed E-state index contributed by atoms with van der Waals surface area (Å²) in [7, 11) is -3.55. The van der Waals surface area contributed by atoms with Gasteiger partial charge in [0.2, 0.25) is 10.0 Å². The van der Waals surface area contributed by atoms with E-state index in [1.54, 1.807) is 13.8 Å². The Morgan fingerprint density at radius 3 is 2.21 bits per heavy atom. The number of amides is 1. The third-order valence-corrected chi connectivity index (χ3v) is 5.34. The van der Waals surface area contributed by atoms with Gasteiger partial charge < -0.3 is 5.32 Å². The Hall–Kier alpha value is -2.18. The lowest BCUT2D eigenvalue weighted by Gasteiger charge is -2.12. The van der Waals surface area contributed by atoms with Gasteiger partial charge in [0.1, 0.15) is 0 Å². The van der Waals surface area contributed by atoms with Crippen LogP contribution in [0.4, 0.5) is 5.69 Å². The van der Waals surface area contributed by atoms with Crippen LogP contribution in [-0.2, 0) is 10.0 Å². The molecular weight excluding hydrogens is 324 g/mol. The number of rotatable bonds is 5. The van der Waals surface area contributed by atoms with Crippen LogP contribution >= 0.6 is 0 Å². The van der Waals surface area contributed by atoms with Crippen LogP contribution in [0.2, 0.25) is 0 Å². The lowest BCUT2D eigenvalue weighted by Crippen LogP contribution is -2.30. The number of anilines is 1. The Morgan fingerprint density at radius 1 is 1.00 bits per heavy atom. The van der Waals surface area contributed by atoms with Gasteiger partial charge in [0.05, 0.1) is 4.90 Å². The number of carbonyl (C=O) groups excluding carboxylic acids is 1. The van der Waals surface area contributed by atoms with Crippen molar-refractivity contribution in [3.63, 3.8) is 0 Å². The van der Waals surface area contributed by atoms with E-state index in [1.807, 2.05) is 32.0 Å². The first kappa shape index (κ1) is 18.2. The molecule has 0 aliphatic carbocycles. The van der Waals surface area contributed by atoms with Gasteiger partial charge in [-0.05, 0) is 69.2 Å².